The minimum atomic E-state index is 0.106. The summed E-state index contributed by atoms with van der Waals surface area (Å²) in [6, 6.07) is 3.97. The van der Waals surface area contributed by atoms with E-state index in [0.29, 0.717) is 0 Å². The molecule has 1 N–H and O–H groups in total. The van der Waals surface area contributed by atoms with Crippen molar-refractivity contribution in [3.8, 4) is 0 Å². The SMILES string of the molecule is CCNc1ccc(Cc2nc(C(C)(C)C)cs2)nn1. The molecule has 4 nitrogen and oxygen atoms in total. The lowest BCUT2D eigenvalue weighted by Crippen LogP contribution is -2.11. The highest BCUT2D eigenvalue weighted by atomic mass is 32.1. The molecule has 5 heteroatoms. The predicted molar refractivity (Wildman–Crippen MR) is 79.8 cm³/mol. The van der Waals surface area contributed by atoms with Crippen LogP contribution in [0.5, 0.6) is 0 Å². The molecule has 0 aliphatic carbocycles. The Hall–Kier alpha value is -1.49. The van der Waals surface area contributed by atoms with Gasteiger partial charge >= 0.3 is 0 Å². The van der Waals surface area contributed by atoms with Gasteiger partial charge in [0.2, 0.25) is 0 Å². The summed E-state index contributed by atoms with van der Waals surface area (Å²) in [5, 5.41) is 14.7. The fraction of sp³-hybridized carbons (Fsp3) is 0.500. The zero-order valence-corrected chi connectivity index (χ0v) is 12.7. The maximum Gasteiger partial charge on any atom is 0.148 e. The molecule has 0 aliphatic rings. The summed E-state index contributed by atoms with van der Waals surface area (Å²) in [6.45, 7) is 9.43. The largest absolute Gasteiger partial charge is 0.369 e. The summed E-state index contributed by atoms with van der Waals surface area (Å²) < 4.78 is 0. The summed E-state index contributed by atoms with van der Waals surface area (Å²) in [6.07, 6.45) is 0.750. The van der Waals surface area contributed by atoms with Gasteiger partial charge < -0.3 is 5.32 Å². The van der Waals surface area contributed by atoms with Crippen molar-refractivity contribution in [2.45, 2.75) is 39.5 Å². The van der Waals surface area contributed by atoms with Crippen LogP contribution in [0.4, 0.5) is 5.82 Å². The summed E-state index contributed by atoms with van der Waals surface area (Å²) in [4.78, 5) is 4.67. The van der Waals surface area contributed by atoms with E-state index >= 15 is 0 Å². The van der Waals surface area contributed by atoms with E-state index in [1.54, 1.807) is 11.3 Å². The fourth-order valence-corrected chi connectivity index (χ4v) is 2.66. The first-order chi connectivity index (χ1) is 8.99. The molecular formula is C14H20N4S. The number of hydrogen-bond acceptors (Lipinski definition) is 5. The summed E-state index contributed by atoms with van der Waals surface area (Å²) in [5.74, 6) is 0.820. The highest BCUT2D eigenvalue weighted by molar-refractivity contribution is 7.09. The molecule has 2 aromatic rings. The van der Waals surface area contributed by atoms with Crippen molar-refractivity contribution in [3.05, 3.63) is 33.9 Å². The third-order valence-corrected chi connectivity index (χ3v) is 3.58. The van der Waals surface area contributed by atoms with E-state index in [9.17, 15) is 0 Å². The van der Waals surface area contributed by atoms with Crippen LogP contribution in [0.1, 0.15) is 44.1 Å². The predicted octanol–water partition coefficient (Wildman–Crippen LogP) is 3.25. The molecule has 0 amide bonds. The lowest BCUT2D eigenvalue weighted by Gasteiger charge is -2.14. The van der Waals surface area contributed by atoms with Gasteiger partial charge in [-0.2, -0.15) is 5.10 Å². The van der Waals surface area contributed by atoms with Crippen LogP contribution in [0, 0.1) is 0 Å². The molecule has 102 valence electrons. The molecular weight excluding hydrogens is 256 g/mol. The molecule has 0 atom stereocenters. The molecule has 0 spiro atoms. The highest BCUT2D eigenvalue weighted by Gasteiger charge is 2.17. The number of thiazole rings is 1. The van der Waals surface area contributed by atoms with Crippen molar-refractivity contribution in [2.24, 2.45) is 0 Å². The van der Waals surface area contributed by atoms with Gasteiger partial charge in [-0.05, 0) is 19.1 Å². The number of nitrogens with one attached hydrogen (secondary N) is 1. The van der Waals surface area contributed by atoms with Gasteiger partial charge in [0.15, 0.2) is 0 Å². The minimum absolute atomic E-state index is 0.106. The Morgan fingerprint density at radius 3 is 2.53 bits per heavy atom. The monoisotopic (exact) mass is 276 g/mol. The van der Waals surface area contributed by atoms with Crippen LogP contribution >= 0.6 is 11.3 Å². The average Bonchev–Trinajstić information content (AvgIpc) is 2.80. The zero-order valence-electron chi connectivity index (χ0n) is 11.9. The van der Waals surface area contributed by atoms with Gasteiger partial charge in [0.05, 0.1) is 16.4 Å². The molecule has 0 bridgehead atoms. The molecule has 2 aromatic heterocycles. The van der Waals surface area contributed by atoms with E-state index in [1.165, 1.54) is 0 Å². The summed E-state index contributed by atoms with van der Waals surface area (Å²) in [5.41, 5.74) is 2.20. The first-order valence-electron chi connectivity index (χ1n) is 6.50. The smallest absolute Gasteiger partial charge is 0.148 e. The van der Waals surface area contributed by atoms with E-state index in [1.807, 2.05) is 19.1 Å². The number of nitrogens with zero attached hydrogens (tertiary/aromatic N) is 3. The second kappa shape index (κ2) is 5.65. The van der Waals surface area contributed by atoms with Gasteiger partial charge in [0.25, 0.3) is 0 Å². The van der Waals surface area contributed by atoms with Crippen LogP contribution in [0.25, 0.3) is 0 Å². The van der Waals surface area contributed by atoms with Gasteiger partial charge in [-0.25, -0.2) is 4.98 Å². The second-order valence-corrected chi connectivity index (χ2v) is 6.44. The third kappa shape index (κ3) is 3.73. The molecule has 19 heavy (non-hydrogen) atoms. The van der Waals surface area contributed by atoms with E-state index in [-0.39, 0.29) is 5.41 Å². The van der Waals surface area contributed by atoms with Gasteiger partial charge in [-0.1, -0.05) is 20.8 Å². The Morgan fingerprint density at radius 2 is 2.00 bits per heavy atom. The van der Waals surface area contributed by atoms with Crippen LogP contribution in [-0.2, 0) is 11.8 Å². The number of anilines is 1. The molecule has 0 fully saturated rings. The topological polar surface area (TPSA) is 50.7 Å². The van der Waals surface area contributed by atoms with Crippen molar-refractivity contribution < 1.29 is 0 Å². The standard InChI is InChI=1S/C14H20N4S/c1-5-15-12-7-6-10(17-18-12)8-13-16-11(9-19-13)14(2,3)4/h6-7,9H,5,8H2,1-4H3,(H,15,18). The molecule has 0 saturated heterocycles. The second-order valence-electron chi connectivity index (χ2n) is 5.49. The Labute approximate surface area is 118 Å². The Kier molecular flexibility index (Phi) is 4.14. The minimum Gasteiger partial charge on any atom is -0.369 e. The molecule has 0 radical (unpaired) electrons. The van der Waals surface area contributed by atoms with Crippen LogP contribution in [0.3, 0.4) is 0 Å². The van der Waals surface area contributed by atoms with Crippen molar-refractivity contribution in [1.29, 1.82) is 0 Å². The molecule has 2 heterocycles. The van der Waals surface area contributed by atoms with Gasteiger partial charge in [-0.15, -0.1) is 16.4 Å². The van der Waals surface area contributed by atoms with Crippen molar-refractivity contribution in [3.63, 3.8) is 0 Å². The van der Waals surface area contributed by atoms with Crippen molar-refractivity contribution in [1.82, 2.24) is 15.2 Å². The number of rotatable bonds is 4. The lowest BCUT2D eigenvalue weighted by atomic mass is 9.93. The molecule has 0 aliphatic heterocycles. The van der Waals surface area contributed by atoms with Crippen molar-refractivity contribution in [2.75, 3.05) is 11.9 Å². The van der Waals surface area contributed by atoms with Crippen LogP contribution in [0.2, 0.25) is 0 Å². The highest BCUT2D eigenvalue weighted by Crippen LogP contribution is 2.24. The Bertz CT molecular complexity index is 525. The fourth-order valence-electron chi connectivity index (χ4n) is 1.62. The van der Waals surface area contributed by atoms with Gasteiger partial charge in [0, 0.05) is 23.8 Å². The molecule has 0 aromatic carbocycles. The van der Waals surface area contributed by atoms with Crippen LogP contribution in [-0.4, -0.2) is 21.7 Å². The number of aromatic nitrogens is 3. The Balaban J connectivity index is 2.06. The summed E-state index contributed by atoms with van der Waals surface area (Å²) in [7, 11) is 0. The van der Waals surface area contributed by atoms with Gasteiger partial charge in [-0.3, -0.25) is 0 Å². The van der Waals surface area contributed by atoms with Crippen LogP contribution < -0.4 is 5.32 Å². The first-order valence-corrected chi connectivity index (χ1v) is 7.38. The quantitative estimate of drug-likeness (QED) is 0.931. The number of hydrogen-bond donors (Lipinski definition) is 1. The molecule has 0 saturated carbocycles. The van der Waals surface area contributed by atoms with Gasteiger partial charge in [0.1, 0.15) is 5.82 Å². The van der Waals surface area contributed by atoms with E-state index in [4.69, 9.17) is 0 Å². The van der Waals surface area contributed by atoms with E-state index in [0.717, 1.165) is 35.2 Å². The van der Waals surface area contributed by atoms with E-state index < -0.39 is 0 Å². The molecule has 2 rings (SSSR count). The van der Waals surface area contributed by atoms with Crippen LogP contribution in [0.15, 0.2) is 17.5 Å². The normalized spacial score (nSPS) is 11.6. The maximum absolute atomic E-state index is 4.67. The zero-order chi connectivity index (χ0) is 13.9. The third-order valence-electron chi connectivity index (χ3n) is 2.73. The lowest BCUT2D eigenvalue weighted by molar-refractivity contribution is 0.571. The Morgan fingerprint density at radius 1 is 1.21 bits per heavy atom. The molecule has 0 unspecified atom stereocenters. The van der Waals surface area contributed by atoms with Crippen molar-refractivity contribution >= 4 is 17.2 Å². The maximum atomic E-state index is 4.67. The average molecular weight is 276 g/mol. The first kappa shape index (κ1) is 13.9. The summed E-state index contributed by atoms with van der Waals surface area (Å²) >= 11 is 1.69. The van der Waals surface area contributed by atoms with E-state index in [2.05, 4.69) is 46.6 Å².